The van der Waals surface area contributed by atoms with Crippen molar-refractivity contribution in [2.75, 3.05) is 30.4 Å². The lowest BCUT2D eigenvalue weighted by molar-refractivity contribution is -0.384. The van der Waals surface area contributed by atoms with Crippen LogP contribution in [-0.4, -0.2) is 34.5 Å². The molecule has 0 aromatic heterocycles. The highest BCUT2D eigenvalue weighted by molar-refractivity contribution is 7.92. The van der Waals surface area contributed by atoms with E-state index in [1.807, 2.05) is 43.3 Å². The number of ether oxygens (including phenoxy) is 1. The molecule has 0 aliphatic rings. The van der Waals surface area contributed by atoms with E-state index < -0.39 is 14.9 Å². The zero-order valence-electron chi connectivity index (χ0n) is 17.4. The van der Waals surface area contributed by atoms with Crippen LogP contribution in [0.4, 0.5) is 17.1 Å². The van der Waals surface area contributed by atoms with Gasteiger partial charge >= 0.3 is 0 Å². The second kappa shape index (κ2) is 9.05. The number of rotatable bonds is 8. The van der Waals surface area contributed by atoms with Gasteiger partial charge in [-0.1, -0.05) is 12.1 Å². The number of methoxy groups -OCH3 is 1. The number of non-ortho nitro benzene ring substituents is 1. The predicted molar refractivity (Wildman–Crippen MR) is 120 cm³/mol. The van der Waals surface area contributed by atoms with Gasteiger partial charge in [0, 0.05) is 31.9 Å². The van der Waals surface area contributed by atoms with Crippen molar-refractivity contribution in [1.29, 1.82) is 0 Å². The van der Waals surface area contributed by atoms with E-state index in [-0.39, 0.29) is 17.1 Å². The van der Waals surface area contributed by atoms with Crippen LogP contribution in [-0.2, 0) is 16.6 Å². The van der Waals surface area contributed by atoms with Crippen LogP contribution in [0.3, 0.4) is 0 Å². The minimum absolute atomic E-state index is 0.0289. The number of benzene rings is 3. The van der Waals surface area contributed by atoms with Gasteiger partial charge in [-0.25, -0.2) is 8.42 Å². The number of hydrogen-bond donors (Lipinski definition) is 0. The summed E-state index contributed by atoms with van der Waals surface area (Å²) >= 11 is 0. The van der Waals surface area contributed by atoms with Gasteiger partial charge in [-0.05, 0) is 54.1 Å². The Balaban J connectivity index is 2.02. The van der Waals surface area contributed by atoms with E-state index in [9.17, 15) is 18.5 Å². The van der Waals surface area contributed by atoms with Gasteiger partial charge in [-0.3, -0.25) is 14.4 Å². The van der Waals surface area contributed by atoms with Crippen LogP contribution in [0.2, 0.25) is 0 Å². The lowest BCUT2D eigenvalue weighted by atomic mass is 10.2. The molecule has 0 atom stereocenters. The van der Waals surface area contributed by atoms with Crippen molar-refractivity contribution in [3.8, 4) is 5.75 Å². The first-order valence-corrected chi connectivity index (χ1v) is 10.8. The standard InChI is InChI=1S/C22H23N3O5S/c1-23(2)18-6-4-17(5-7-18)16-24(19-8-12-21(30-3)13-9-19)31(28,29)22-14-10-20(11-15-22)25(26)27/h4-15H,16H2,1-3H3. The lowest BCUT2D eigenvalue weighted by Gasteiger charge is -2.25. The van der Waals surface area contributed by atoms with E-state index in [1.165, 1.54) is 35.7 Å². The van der Waals surface area contributed by atoms with Crippen molar-refractivity contribution in [2.45, 2.75) is 11.4 Å². The first-order valence-electron chi connectivity index (χ1n) is 9.40. The molecule has 3 rings (SSSR count). The van der Waals surface area contributed by atoms with Gasteiger partial charge in [0.2, 0.25) is 0 Å². The summed E-state index contributed by atoms with van der Waals surface area (Å²) in [6, 6.07) is 19.1. The molecular formula is C22H23N3O5S. The average molecular weight is 442 g/mol. The Labute approximate surface area is 181 Å². The zero-order valence-corrected chi connectivity index (χ0v) is 18.2. The Hall–Kier alpha value is -3.59. The third-order valence-corrected chi connectivity index (χ3v) is 6.56. The molecule has 0 bridgehead atoms. The molecule has 0 unspecified atom stereocenters. The maximum absolute atomic E-state index is 13.5. The van der Waals surface area contributed by atoms with Gasteiger partial charge in [0.25, 0.3) is 15.7 Å². The molecule has 0 aliphatic heterocycles. The lowest BCUT2D eigenvalue weighted by Crippen LogP contribution is -2.30. The van der Waals surface area contributed by atoms with Crippen LogP contribution < -0.4 is 13.9 Å². The van der Waals surface area contributed by atoms with E-state index in [0.29, 0.717) is 11.4 Å². The maximum atomic E-state index is 13.5. The topological polar surface area (TPSA) is 93.0 Å². The summed E-state index contributed by atoms with van der Waals surface area (Å²) in [6.07, 6.45) is 0. The minimum Gasteiger partial charge on any atom is -0.497 e. The van der Waals surface area contributed by atoms with E-state index in [1.54, 1.807) is 24.3 Å². The summed E-state index contributed by atoms with van der Waals surface area (Å²) in [4.78, 5) is 12.3. The summed E-state index contributed by atoms with van der Waals surface area (Å²) in [5.74, 6) is 0.603. The van der Waals surface area contributed by atoms with Crippen LogP contribution in [0.5, 0.6) is 5.75 Å². The van der Waals surface area contributed by atoms with Gasteiger partial charge in [-0.2, -0.15) is 0 Å². The molecular weight excluding hydrogens is 418 g/mol. The highest BCUT2D eigenvalue weighted by Crippen LogP contribution is 2.29. The van der Waals surface area contributed by atoms with Crippen LogP contribution in [0.1, 0.15) is 5.56 Å². The zero-order chi connectivity index (χ0) is 22.6. The molecule has 3 aromatic carbocycles. The molecule has 0 heterocycles. The van der Waals surface area contributed by atoms with Crippen LogP contribution in [0.15, 0.2) is 77.7 Å². The molecule has 31 heavy (non-hydrogen) atoms. The molecule has 0 fully saturated rings. The summed E-state index contributed by atoms with van der Waals surface area (Å²) in [5.41, 5.74) is 2.08. The second-order valence-corrected chi connectivity index (χ2v) is 8.88. The van der Waals surface area contributed by atoms with Gasteiger partial charge < -0.3 is 9.64 Å². The Morgan fingerprint density at radius 2 is 1.42 bits per heavy atom. The van der Waals surface area contributed by atoms with Gasteiger partial charge in [0.1, 0.15) is 5.75 Å². The van der Waals surface area contributed by atoms with E-state index in [4.69, 9.17) is 4.74 Å². The molecule has 0 radical (unpaired) electrons. The third kappa shape index (κ3) is 4.95. The van der Waals surface area contributed by atoms with Gasteiger partial charge in [0.05, 0.1) is 29.2 Å². The molecule has 0 spiro atoms. The number of nitrogens with zero attached hydrogens (tertiary/aromatic N) is 3. The van der Waals surface area contributed by atoms with Crippen molar-refractivity contribution in [3.63, 3.8) is 0 Å². The number of anilines is 2. The Bertz CT molecular complexity index is 1140. The molecule has 0 N–H and O–H groups in total. The number of nitro groups is 1. The van der Waals surface area contributed by atoms with Crippen molar-refractivity contribution >= 4 is 27.1 Å². The van der Waals surface area contributed by atoms with Crippen molar-refractivity contribution < 1.29 is 18.1 Å². The largest absolute Gasteiger partial charge is 0.497 e. The summed E-state index contributed by atoms with van der Waals surface area (Å²) in [5, 5.41) is 10.9. The van der Waals surface area contributed by atoms with Gasteiger partial charge in [0.15, 0.2) is 0 Å². The van der Waals surface area contributed by atoms with E-state index in [2.05, 4.69) is 0 Å². The quantitative estimate of drug-likeness (QED) is 0.387. The minimum atomic E-state index is -3.98. The highest BCUT2D eigenvalue weighted by Gasteiger charge is 2.26. The molecule has 3 aromatic rings. The first-order chi connectivity index (χ1) is 14.7. The van der Waals surface area contributed by atoms with Crippen molar-refractivity contribution in [3.05, 3.63) is 88.5 Å². The number of nitro benzene ring substituents is 1. The van der Waals surface area contributed by atoms with E-state index in [0.717, 1.165) is 11.3 Å². The van der Waals surface area contributed by atoms with Crippen LogP contribution in [0.25, 0.3) is 0 Å². The first kappa shape index (κ1) is 22.1. The molecule has 0 saturated carbocycles. The molecule has 9 heteroatoms. The Morgan fingerprint density at radius 1 is 0.871 bits per heavy atom. The fourth-order valence-electron chi connectivity index (χ4n) is 3.00. The predicted octanol–water partition coefficient (Wildman–Crippen LogP) is 4.06. The molecule has 0 amide bonds. The Kier molecular flexibility index (Phi) is 6.45. The Morgan fingerprint density at radius 3 is 1.90 bits per heavy atom. The van der Waals surface area contributed by atoms with Gasteiger partial charge in [-0.15, -0.1) is 0 Å². The molecule has 0 aliphatic carbocycles. The second-order valence-electron chi connectivity index (χ2n) is 7.02. The SMILES string of the molecule is COc1ccc(N(Cc2ccc(N(C)C)cc2)S(=O)(=O)c2ccc([N+](=O)[O-])cc2)cc1. The molecule has 0 saturated heterocycles. The third-order valence-electron chi connectivity index (χ3n) is 4.77. The summed E-state index contributed by atoms with van der Waals surface area (Å²) in [7, 11) is 1.41. The monoisotopic (exact) mass is 441 g/mol. The number of sulfonamides is 1. The molecule has 162 valence electrons. The summed E-state index contributed by atoms with van der Waals surface area (Å²) in [6.45, 7) is 0.0966. The van der Waals surface area contributed by atoms with Crippen LogP contribution in [0, 0.1) is 10.1 Å². The smallest absolute Gasteiger partial charge is 0.269 e. The molecule has 8 nitrogen and oxygen atoms in total. The van der Waals surface area contributed by atoms with Crippen LogP contribution >= 0.6 is 0 Å². The van der Waals surface area contributed by atoms with E-state index >= 15 is 0 Å². The number of hydrogen-bond acceptors (Lipinski definition) is 6. The summed E-state index contributed by atoms with van der Waals surface area (Å²) < 4.78 is 33.4. The van der Waals surface area contributed by atoms with Crippen molar-refractivity contribution in [1.82, 2.24) is 0 Å². The fourth-order valence-corrected chi connectivity index (χ4v) is 4.45. The average Bonchev–Trinajstić information content (AvgIpc) is 2.77. The maximum Gasteiger partial charge on any atom is 0.269 e. The normalized spacial score (nSPS) is 11.1. The van der Waals surface area contributed by atoms with Crippen molar-refractivity contribution in [2.24, 2.45) is 0 Å². The highest BCUT2D eigenvalue weighted by atomic mass is 32.2. The fraction of sp³-hybridized carbons (Fsp3) is 0.182.